The second-order valence-corrected chi connectivity index (χ2v) is 10.6. The summed E-state index contributed by atoms with van der Waals surface area (Å²) in [7, 11) is 0. The molecule has 0 aromatic carbocycles. The Labute approximate surface area is 186 Å². The number of carbonyl (C=O) groups is 1. The van der Waals surface area contributed by atoms with Gasteiger partial charge in [-0.05, 0) is 37.8 Å². The highest BCUT2D eigenvalue weighted by molar-refractivity contribution is 7.13. The van der Waals surface area contributed by atoms with E-state index in [9.17, 15) is 4.79 Å². The smallest absolute Gasteiger partial charge is 0.227 e. The van der Waals surface area contributed by atoms with Crippen LogP contribution in [0.3, 0.4) is 0 Å². The van der Waals surface area contributed by atoms with Gasteiger partial charge in [0.15, 0.2) is 16.5 Å². The van der Waals surface area contributed by atoms with E-state index in [2.05, 4.69) is 36.0 Å². The van der Waals surface area contributed by atoms with E-state index in [1.165, 1.54) is 0 Å². The van der Waals surface area contributed by atoms with Crippen LogP contribution < -0.4 is 4.90 Å². The van der Waals surface area contributed by atoms with Crippen LogP contribution in [0.1, 0.15) is 52.1 Å². The van der Waals surface area contributed by atoms with Crippen molar-refractivity contribution in [1.82, 2.24) is 24.8 Å². The zero-order valence-electron chi connectivity index (χ0n) is 18.5. The summed E-state index contributed by atoms with van der Waals surface area (Å²) < 4.78 is 0. The van der Waals surface area contributed by atoms with Gasteiger partial charge >= 0.3 is 0 Å². The fraction of sp³-hybridized carbons (Fsp3) is 0.565. The number of aromatic amines is 1. The molecule has 1 N–H and O–H groups in total. The van der Waals surface area contributed by atoms with Crippen molar-refractivity contribution in [3.05, 3.63) is 23.2 Å². The van der Waals surface area contributed by atoms with Crippen molar-refractivity contribution in [1.29, 1.82) is 0 Å². The first-order valence-corrected chi connectivity index (χ1v) is 12.1. The van der Waals surface area contributed by atoms with Crippen LogP contribution in [-0.4, -0.2) is 56.9 Å². The van der Waals surface area contributed by atoms with Gasteiger partial charge in [-0.3, -0.25) is 4.79 Å². The number of fused-ring (bicyclic) bond motifs is 1. The minimum atomic E-state index is 0.0174. The van der Waals surface area contributed by atoms with Crippen LogP contribution in [0.5, 0.6) is 0 Å². The number of anilines is 1. The molecule has 0 saturated carbocycles. The molecule has 0 bridgehead atoms. The van der Waals surface area contributed by atoms with Crippen LogP contribution in [0.25, 0.3) is 22.0 Å². The highest BCUT2D eigenvalue weighted by Gasteiger charge is 2.31. The summed E-state index contributed by atoms with van der Waals surface area (Å²) in [6.07, 6.45) is 4.27. The highest BCUT2D eigenvalue weighted by Crippen LogP contribution is 2.30. The van der Waals surface area contributed by atoms with Gasteiger partial charge in [-0.15, -0.1) is 11.3 Å². The summed E-state index contributed by atoms with van der Waals surface area (Å²) >= 11 is 1.61. The molecule has 1 unspecified atom stereocenters. The first-order valence-electron chi connectivity index (χ1n) is 11.3. The Balaban J connectivity index is 1.36. The van der Waals surface area contributed by atoms with Gasteiger partial charge in [0.25, 0.3) is 0 Å². The van der Waals surface area contributed by atoms with E-state index in [4.69, 9.17) is 15.0 Å². The Bertz CT molecular complexity index is 1090. The Hall–Kier alpha value is -2.48. The van der Waals surface area contributed by atoms with Gasteiger partial charge in [-0.2, -0.15) is 0 Å². The number of rotatable bonds is 3. The number of piperidine rings is 1. The molecule has 1 atom stereocenters. The second kappa shape index (κ2) is 7.89. The maximum absolute atomic E-state index is 12.9. The number of amides is 1. The number of thiazole rings is 1. The lowest BCUT2D eigenvalue weighted by Gasteiger charge is -2.34. The monoisotopic (exact) mass is 438 g/mol. The number of nitrogens with one attached hydrogen (secondary N) is 1. The van der Waals surface area contributed by atoms with E-state index in [1.807, 2.05) is 17.0 Å². The van der Waals surface area contributed by atoms with Crippen molar-refractivity contribution in [2.45, 2.75) is 51.9 Å². The Morgan fingerprint density at radius 2 is 1.90 bits per heavy atom. The molecule has 2 fully saturated rings. The molecule has 31 heavy (non-hydrogen) atoms. The van der Waals surface area contributed by atoms with Crippen LogP contribution in [0.4, 0.5) is 5.82 Å². The van der Waals surface area contributed by atoms with Crippen molar-refractivity contribution in [2.24, 2.45) is 5.92 Å². The predicted octanol–water partition coefficient (Wildman–Crippen LogP) is 4.22. The molecule has 5 rings (SSSR count). The van der Waals surface area contributed by atoms with E-state index in [-0.39, 0.29) is 11.3 Å². The number of pyridine rings is 1. The minimum absolute atomic E-state index is 0.0174. The van der Waals surface area contributed by atoms with Crippen molar-refractivity contribution < 1.29 is 4.79 Å². The molecule has 8 heteroatoms. The van der Waals surface area contributed by atoms with Gasteiger partial charge in [-0.25, -0.2) is 15.0 Å². The maximum atomic E-state index is 12.9. The Kier molecular flexibility index (Phi) is 5.20. The molecule has 1 amide bonds. The third-order valence-electron chi connectivity index (χ3n) is 6.32. The molecule has 3 aromatic rings. The van der Waals surface area contributed by atoms with Gasteiger partial charge in [0, 0.05) is 37.0 Å². The number of likely N-dealkylation sites (tertiary alicyclic amines) is 1. The van der Waals surface area contributed by atoms with Crippen LogP contribution in [0.15, 0.2) is 17.5 Å². The van der Waals surface area contributed by atoms with Crippen molar-refractivity contribution in [2.75, 3.05) is 31.1 Å². The molecule has 5 heterocycles. The first-order chi connectivity index (χ1) is 14.9. The number of hydrogen-bond donors (Lipinski definition) is 1. The van der Waals surface area contributed by atoms with E-state index in [1.54, 1.807) is 11.3 Å². The summed E-state index contributed by atoms with van der Waals surface area (Å²) in [4.78, 5) is 34.9. The quantitative estimate of drug-likeness (QED) is 0.662. The zero-order chi connectivity index (χ0) is 21.6. The lowest BCUT2D eigenvalue weighted by molar-refractivity contribution is -0.134. The van der Waals surface area contributed by atoms with E-state index < -0.39 is 0 Å². The van der Waals surface area contributed by atoms with Gasteiger partial charge in [0.2, 0.25) is 5.91 Å². The Morgan fingerprint density at radius 1 is 1.10 bits per heavy atom. The van der Waals surface area contributed by atoms with Crippen molar-refractivity contribution >= 4 is 34.2 Å². The van der Waals surface area contributed by atoms with E-state index in [0.29, 0.717) is 11.6 Å². The third-order valence-corrected chi connectivity index (χ3v) is 7.17. The molecule has 0 radical (unpaired) electrons. The molecule has 2 aliphatic rings. The summed E-state index contributed by atoms with van der Waals surface area (Å²) in [5, 5.41) is 2.99. The molecular weight excluding hydrogens is 408 g/mol. The predicted molar refractivity (Wildman–Crippen MR) is 124 cm³/mol. The maximum Gasteiger partial charge on any atom is 0.227 e. The van der Waals surface area contributed by atoms with Crippen LogP contribution >= 0.6 is 11.3 Å². The second-order valence-electron chi connectivity index (χ2n) is 9.73. The zero-order valence-corrected chi connectivity index (χ0v) is 19.3. The number of imidazole rings is 1. The fourth-order valence-electron chi connectivity index (χ4n) is 4.47. The summed E-state index contributed by atoms with van der Waals surface area (Å²) in [6, 6.07) is 4.08. The fourth-order valence-corrected chi connectivity index (χ4v) is 5.46. The highest BCUT2D eigenvalue weighted by atomic mass is 32.1. The number of H-pyrrole nitrogens is 1. The molecular formula is C23H30N6OS. The molecule has 3 aromatic heterocycles. The average molecular weight is 439 g/mol. The topological polar surface area (TPSA) is 78.0 Å². The van der Waals surface area contributed by atoms with Gasteiger partial charge in [0.05, 0.1) is 17.1 Å². The molecule has 2 saturated heterocycles. The molecule has 0 spiro atoms. The number of hydrogen-bond acceptors (Lipinski definition) is 6. The standard InChI is InChI=1S/C23H30N6OS/c1-23(2,3)17-14-31-21(25-17)20-24-16-8-9-18(26-19(16)27-20)29-12-6-7-15(13-29)22(30)28-10-4-5-11-28/h8-9,14-15H,4-7,10-13H2,1-3H3,(H,24,26,27). The molecule has 7 nitrogen and oxygen atoms in total. The lowest BCUT2D eigenvalue weighted by Crippen LogP contribution is -2.44. The molecule has 2 aliphatic heterocycles. The van der Waals surface area contributed by atoms with Crippen LogP contribution in [0.2, 0.25) is 0 Å². The van der Waals surface area contributed by atoms with E-state index in [0.717, 1.165) is 79.7 Å². The van der Waals surface area contributed by atoms with Crippen LogP contribution in [0, 0.1) is 5.92 Å². The lowest BCUT2D eigenvalue weighted by atomic mass is 9.93. The summed E-state index contributed by atoms with van der Waals surface area (Å²) in [6.45, 7) is 10.0. The van der Waals surface area contributed by atoms with E-state index >= 15 is 0 Å². The van der Waals surface area contributed by atoms with Crippen LogP contribution in [-0.2, 0) is 10.2 Å². The molecule has 164 valence electrons. The first kappa shape index (κ1) is 20.4. The Morgan fingerprint density at radius 3 is 2.65 bits per heavy atom. The third kappa shape index (κ3) is 4.05. The largest absolute Gasteiger partial charge is 0.356 e. The summed E-state index contributed by atoms with van der Waals surface area (Å²) in [5.74, 6) is 2.06. The van der Waals surface area contributed by atoms with Gasteiger partial charge in [0.1, 0.15) is 5.82 Å². The van der Waals surface area contributed by atoms with Gasteiger partial charge in [-0.1, -0.05) is 20.8 Å². The van der Waals surface area contributed by atoms with Crippen molar-refractivity contribution in [3.63, 3.8) is 0 Å². The average Bonchev–Trinajstić information content (AvgIpc) is 3.52. The minimum Gasteiger partial charge on any atom is -0.356 e. The SMILES string of the molecule is CC(C)(C)c1csc(-c2nc3nc(N4CCCC(C(=O)N5CCCC5)C4)ccc3[nH]2)n1. The summed E-state index contributed by atoms with van der Waals surface area (Å²) in [5.41, 5.74) is 2.70. The van der Waals surface area contributed by atoms with Crippen molar-refractivity contribution in [3.8, 4) is 10.8 Å². The normalized spacial score (nSPS) is 20.0. The number of carbonyl (C=O) groups excluding carboxylic acids is 1. The van der Waals surface area contributed by atoms with Gasteiger partial charge < -0.3 is 14.8 Å². The number of nitrogens with zero attached hydrogens (tertiary/aromatic N) is 5. The number of aromatic nitrogens is 4. The molecule has 0 aliphatic carbocycles.